The number of nitrogens with zero attached hydrogens (tertiary/aromatic N) is 4. The Morgan fingerprint density at radius 3 is 2.31 bits per heavy atom. The standard InChI is InChI=1S/C18H15F3N6O3S2/c1-11(31-17-24-10-7-14(26-17)18(19,20)21)15(28)25-12-3-5-13(6-4-12)32(29,30)27-16-22-8-2-9-23-16/h2-11H,1H3,(H,25,28)(H,22,23,27). The van der Waals surface area contributed by atoms with Crippen LogP contribution in [0.2, 0.25) is 0 Å². The first-order valence-electron chi connectivity index (χ1n) is 8.82. The summed E-state index contributed by atoms with van der Waals surface area (Å²) in [5.74, 6) is -0.616. The average molecular weight is 484 g/mol. The second-order valence-electron chi connectivity index (χ2n) is 6.17. The fraction of sp³-hybridized carbons (Fsp3) is 0.167. The number of hydrogen-bond acceptors (Lipinski definition) is 8. The molecule has 2 heterocycles. The number of sulfonamides is 1. The number of aromatic nitrogens is 4. The predicted octanol–water partition coefficient (Wildman–Crippen LogP) is 3.21. The Hall–Kier alpha value is -3.26. The van der Waals surface area contributed by atoms with Crippen LogP contribution >= 0.6 is 11.8 Å². The molecular formula is C18H15F3N6O3S2. The lowest BCUT2D eigenvalue weighted by Gasteiger charge is -2.12. The molecule has 0 fully saturated rings. The lowest BCUT2D eigenvalue weighted by Crippen LogP contribution is -2.23. The molecule has 0 aliphatic carbocycles. The molecule has 9 nitrogen and oxygen atoms in total. The molecule has 2 N–H and O–H groups in total. The van der Waals surface area contributed by atoms with Crippen LogP contribution in [0.3, 0.4) is 0 Å². The monoisotopic (exact) mass is 484 g/mol. The van der Waals surface area contributed by atoms with Crippen molar-refractivity contribution in [3.63, 3.8) is 0 Å². The maximum atomic E-state index is 12.8. The topological polar surface area (TPSA) is 127 Å². The van der Waals surface area contributed by atoms with E-state index in [4.69, 9.17) is 0 Å². The van der Waals surface area contributed by atoms with Crippen molar-refractivity contribution in [2.45, 2.75) is 28.4 Å². The summed E-state index contributed by atoms with van der Waals surface area (Å²) in [5.41, 5.74) is -0.809. The second kappa shape index (κ2) is 9.48. The van der Waals surface area contributed by atoms with Gasteiger partial charge in [-0.1, -0.05) is 11.8 Å². The molecular weight excluding hydrogens is 469 g/mol. The minimum atomic E-state index is -4.62. The molecule has 0 aliphatic rings. The van der Waals surface area contributed by atoms with Crippen LogP contribution in [0.25, 0.3) is 0 Å². The summed E-state index contributed by atoms with van der Waals surface area (Å²) in [5, 5.41) is 1.54. The van der Waals surface area contributed by atoms with Crippen molar-refractivity contribution in [1.29, 1.82) is 0 Å². The van der Waals surface area contributed by atoms with Crippen molar-refractivity contribution in [2.75, 3.05) is 10.0 Å². The molecule has 1 unspecified atom stereocenters. The number of anilines is 2. The van der Waals surface area contributed by atoms with Crippen molar-refractivity contribution in [1.82, 2.24) is 19.9 Å². The number of thioether (sulfide) groups is 1. The lowest BCUT2D eigenvalue weighted by atomic mass is 10.3. The van der Waals surface area contributed by atoms with Gasteiger partial charge in [0.1, 0.15) is 5.69 Å². The van der Waals surface area contributed by atoms with Crippen LogP contribution in [0.1, 0.15) is 12.6 Å². The highest BCUT2D eigenvalue weighted by Gasteiger charge is 2.33. The number of halogens is 3. The van der Waals surface area contributed by atoms with Gasteiger partial charge in [0.15, 0.2) is 5.16 Å². The average Bonchev–Trinajstić information content (AvgIpc) is 2.74. The molecule has 1 amide bonds. The van der Waals surface area contributed by atoms with Crippen molar-refractivity contribution in [3.05, 3.63) is 60.7 Å². The molecule has 0 aliphatic heterocycles. The van der Waals surface area contributed by atoms with Crippen LogP contribution < -0.4 is 10.0 Å². The van der Waals surface area contributed by atoms with E-state index < -0.39 is 33.1 Å². The van der Waals surface area contributed by atoms with Crippen LogP contribution in [0.15, 0.2) is 65.0 Å². The molecule has 3 aromatic rings. The first-order chi connectivity index (χ1) is 15.0. The third-order valence-corrected chi connectivity index (χ3v) is 6.12. The SMILES string of the molecule is CC(Sc1nccc(C(F)(F)F)n1)C(=O)Nc1ccc(S(=O)(=O)Nc2ncccn2)cc1. The van der Waals surface area contributed by atoms with Gasteiger partial charge in [-0.25, -0.2) is 33.1 Å². The molecule has 0 radical (unpaired) electrons. The maximum Gasteiger partial charge on any atom is 0.433 e. The van der Waals surface area contributed by atoms with Crippen LogP contribution in [-0.2, 0) is 21.0 Å². The van der Waals surface area contributed by atoms with Crippen LogP contribution in [-0.4, -0.2) is 39.5 Å². The van der Waals surface area contributed by atoms with Crippen molar-refractivity contribution in [2.24, 2.45) is 0 Å². The van der Waals surface area contributed by atoms with Crippen LogP contribution in [0, 0.1) is 0 Å². The zero-order valence-corrected chi connectivity index (χ0v) is 17.9. The molecule has 1 atom stereocenters. The van der Waals surface area contributed by atoms with Gasteiger partial charge in [-0.05, 0) is 43.3 Å². The number of alkyl halides is 3. The fourth-order valence-corrected chi connectivity index (χ4v) is 3.97. The number of hydrogen-bond donors (Lipinski definition) is 2. The Morgan fingerprint density at radius 1 is 1.03 bits per heavy atom. The number of benzene rings is 1. The smallest absolute Gasteiger partial charge is 0.325 e. The zero-order chi connectivity index (χ0) is 23.4. The summed E-state index contributed by atoms with van der Waals surface area (Å²) >= 11 is 0.756. The maximum absolute atomic E-state index is 12.8. The summed E-state index contributed by atoms with van der Waals surface area (Å²) in [7, 11) is -3.93. The molecule has 32 heavy (non-hydrogen) atoms. The Labute approximate surface area is 185 Å². The molecule has 14 heteroatoms. The number of carbonyl (C=O) groups excluding carboxylic acids is 1. The molecule has 3 rings (SSSR count). The van der Waals surface area contributed by atoms with Crippen molar-refractivity contribution in [3.8, 4) is 0 Å². The highest BCUT2D eigenvalue weighted by molar-refractivity contribution is 8.00. The molecule has 0 saturated carbocycles. The van der Waals surface area contributed by atoms with Gasteiger partial charge in [0.05, 0.1) is 10.1 Å². The van der Waals surface area contributed by atoms with Crippen molar-refractivity contribution < 1.29 is 26.4 Å². The summed E-state index contributed by atoms with van der Waals surface area (Å²) in [6, 6.07) is 7.56. The quantitative estimate of drug-likeness (QED) is 0.387. The highest BCUT2D eigenvalue weighted by Crippen LogP contribution is 2.29. The van der Waals surface area contributed by atoms with Gasteiger partial charge in [0.2, 0.25) is 11.9 Å². The number of rotatable bonds is 7. The summed E-state index contributed by atoms with van der Waals surface area (Å²) < 4.78 is 65.2. The fourth-order valence-electron chi connectivity index (χ4n) is 2.26. The minimum Gasteiger partial charge on any atom is -0.325 e. The summed E-state index contributed by atoms with van der Waals surface area (Å²) in [6.45, 7) is 1.48. The van der Waals surface area contributed by atoms with E-state index in [0.29, 0.717) is 5.69 Å². The Balaban J connectivity index is 1.63. The number of nitrogens with one attached hydrogen (secondary N) is 2. The largest absolute Gasteiger partial charge is 0.433 e. The molecule has 0 spiro atoms. The van der Waals surface area contributed by atoms with Gasteiger partial charge in [0, 0.05) is 24.3 Å². The molecule has 168 valence electrons. The third kappa shape index (κ3) is 6.13. The lowest BCUT2D eigenvalue weighted by molar-refractivity contribution is -0.141. The third-order valence-electron chi connectivity index (χ3n) is 3.80. The van der Waals surface area contributed by atoms with E-state index in [2.05, 4.69) is 30.0 Å². The van der Waals surface area contributed by atoms with E-state index in [-0.39, 0.29) is 16.0 Å². The van der Waals surface area contributed by atoms with E-state index in [1.807, 2.05) is 0 Å². The van der Waals surface area contributed by atoms with E-state index >= 15 is 0 Å². The van der Waals surface area contributed by atoms with Gasteiger partial charge in [-0.15, -0.1) is 0 Å². The van der Waals surface area contributed by atoms with Gasteiger partial charge in [-0.3, -0.25) is 4.79 Å². The van der Waals surface area contributed by atoms with Gasteiger partial charge in [0.25, 0.3) is 10.0 Å². The van der Waals surface area contributed by atoms with Gasteiger partial charge < -0.3 is 5.32 Å². The Morgan fingerprint density at radius 2 is 1.69 bits per heavy atom. The molecule has 0 saturated heterocycles. The number of carbonyl (C=O) groups is 1. The first-order valence-corrected chi connectivity index (χ1v) is 11.2. The van der Waals surface area contributed by atoms with Crippen LogP contribution in [0.5, 0.6) is 0 Å². The van der Waals surface area contributed by atoms with E-state index in [9.17, 15) is 26.4 Å². The zero-order valence-electron chi connectivity index (χ0n) is 16.2. The number of amides is 1. The normalized spacial score (nSPS) is 12.8. The predicted molar refractivity (Wildman–Crippen MR) is 110 cm³/mol. The first kappa shape index (κ1) is 23.4. The van der Waals surface area contributed by atoms with E-state index in [1.165, 1.54) is 49.6 Å². The summed E-state index contributed by atoms with van der Waals surface area (Å²) in [6.07, 6.45) is -0.885. The van der Waals surface area contributed by atoms with Crippen LogP contribution in [0.4, 0.5) is 24.8 Å². The second-order valence-corrected chi connectivity index (χ2v) is 9.16. The molecule has 0 bridgehead atoms. The molecule has 1 aromatic carbocycles. The minimum absolute atomic E-state index is 0.0808. The van der Waals surface area contributed by atoms with Gasteiger partial charge >= 0.3 is 6.18 Å². The highest BCUT2D eigenvalue weighted by atomic mass is 32.2. The Bertz CT molecular complexity index is 1190. The van der Waals surface area contributed by atoms with Gasteiger partial charge in [-0.2, -0.15) is 13.2 Å². The van der Waals surface area contributed by atoms with Crippen molar-refractivity contribution >= 4 is 39.3 Å². The summed E-state index contributed by atoms with van der Waals surface area (Å²) in [4.78, 5) is 27.0. The molecule has 2 aromatic heterocycles. The van der Waals surface area contributed by atoms with E-state index in [1.54, 1.807) is 0 Å². The Kier molecular flexibility index (Phi) is 6.93. The van der Waals surface area contributed by atoms with E-state index in [0.717, 1.165) is 24.0 Å².